The summed E-state index contributed by atoms with van der Waals surface area (Å²) in [5.74, 6) is -2.63. The van der Waals surface area contributed by atoms with E-state index in [2.05, 4.69) is 10.6 Å². The zero-order valence-electron chi connectivity index (χ0n) is 15.6. The van der Waals surface area contributed by atoms with Crippen LogP contribution in [0.4, 0.5) is 5.00 Å². The molecule has 2 fully saturated rings. The second-order valence-electron chi connectivity index (χ2n) is 8.48. The number of carboxylic acid groups (broad SMARTS) is 1. The van der Waals surface area contributed by atoms with Crippen LogP contribution >= 0.6 is 11.3 Å². The Morgan fingerprint density at radius 3 is 2.36 bits per heavy atom. The van der Waals surface area contributed by atoms with Gasteiger partial charge in [0.1, 0.15) is 5.00 Å². The molecule has 0 aliphatic heterocycles. The van der Waals surface area contributed by atoms with Crippen LogP contribution in [-0.4, -0.2) is 28.9 Å². The third kappa shape index (κ3) is 2.96. The predicted octanol–water partition coefficient (Wildman–Crippen LogP) is 2.98. The zero-order chi connectivity index (χ0) is 19.4. The van der Waals surface area contributed by atoms with Gasteiger partial charge in [0, 0.05) is 10.9 Å². The van der Waals surface area contributed by atoms with Crippen molar-refractivity contribution < 1.29 is 19.5 Å². The first-order valence-corrected chi connectivity index (χ1v) is 11.0. The summed E-state index contributed by atoms with van der Waals surface area (Å²) in [7, 11) is 0. The average Bonchev–Trinajstić information content (AvgIpc) is 3.26. The lowest BCUT2D eigenvalue weighted by atomic mass is 9.62. The minimum atomic E-state index is -0.903. The van der Waals surface area contributed by atoms with Gasteiger partial charge < -0.3 is 15.7 Å². The molecule has 148 valence electrons. The number of nitrogens with one attached hydrogen (secondary N) is 2. The molecule has 28 heavy (non-hydrogen) atoms. The number of carbonyl (C=O) groups is 3. The predicted molar refractivity (Wildman–Crippen MR) is 105 cm³/mol. The Balaban J connectivity index is 1.43. The molecule has 0 aromatic carbocycles. The van der Waals surface area contributed by atoms with E-state index >= 15 is 0 Å². The van der Waals surface area contributed by atoms with Crippen LogP contribution in [0.2, 0.25) is 0 Å². The van der Waals surface area contributed by atoms with Crippen LogP contribution in [0.3, 0.4) is 0 Å². The molecule has 0 spiro atoms. The fourth-order valence-electron chi connectivity index (χ4n) is 5.10. The van der Waals surface area contributed by atoms with Crippen LogP contribution in [0.1, 0.15) is 52.9 Å². The lowest BCUT2D eigenvalue weighted by Crippen LogP contribution is -2.47. The third-order valence-electron chi connectivity index (χ3n) is 6.63. The van der Waals surface area contributed by atoms with Crippen molar-refractivity contribution in [1.29, 1.82) is 0 Å². The summed E-state index contributed by atoms with van der Waals surface area (Å²) in [6.07, 6.45) is 10.5. The van der Waals surface area contributed by atoms with Crippen LogP contribution in [0.5, 0.6) is 0 Å². The number of amides is 2. The highest BCUT2D eigenvalue weighted by atomic mass is 32.1. The summed E-state index contributed by atoms with van der Waals surface area (Å²) in [6.45, 7) is 0. The average molecular weight is 401 g/mol. The summed E-state index contributed by atoms with van der Waals surface area (Å²) in [4.78, 5) is 39.0. The van der Waals surface area contributed by atoms with Crippen LogP contribution in [0.15, 0.2) is 12.2 Å². The van der Waals surface area contributed by atoms with E-state index in [-0.39, 0.29) is 29.7 Å². The molecule has 4 atom stereocenters. The van der Waals surface area contributed by atoms with Crippen molar-refractivity contribution in [3.05, 3.63) is 28.2 Å². The highest BCUT2D eigenvalue weighted by Crippen LogP contribution is 2.46. The van der Waals surface area contributed by atoms with Gasteiger partial charge in [0.25, 0.3) is 5.91 Å². The molecule has 7 heteroatoms. The summed E-state index contributed by atoms with van der Waals surface area (Å²) in [6, 6.07) is 0.253. The summed E-state index contributed by atoms with van der Waals surface area (Å²) < 4.78 is 0. The number of aliphatic carboxylic acids is 1. The van der Waals surface area contributed by atoms with Crippen LogP contribution in [0, 0.1) is 23.7 Å². The molecule has 4 unspecified atom stereocenters. The molecule has 0 saturated heterocycles. The van der Waals surface area contributed by atoms with E-state index in [4.69, 9.17) is 0 Å². The van der Waals surface area contributed by atoms with Crippen molar-refractivity contribution in [3.8, 4) is 0 Å². The maximum Gasteiger partial charge on any atom is 0.307 e. The van der Waals surface area contributed by atoms with E-state index < -0.39 is 17.8 Å². The Morgan fingerprint density at radius 2 is 1.71 bits per heavy atom. The summed E-state index contributed by atoms with van der Waals surface area (Å²) >= 11 is 1.49. The van der Waals surface area contributed by atoms with Gasteiger partial charge in [-0.1, -0.05) is 12.2 Å². The summed E-state index contributed by atoms with van der Waals surface area (Å²) in [5.41, 5.74) is 1.68. The first-order valence-electron chi connectivity index (χ1n) is 10.2. The van der Waals surface area contributed by atoms with E-state index in [0.717, 1.165) is 50.5 Å². The molecule has 1 aromatic rings. The van der Waals surface area contributed by atoms with E-state index in [9.17, 15) is 19.5 Å². The first-order chi connectivity index (χ1) is 13.5. The Kier molecular flexibility index (Phi) is 4.30. The fourth-order valence-corrected chi connectivity index (χ4v) is 6.39. The maximum atomic E-state index is 13.2. The van der Waals surface area contributed by atoms with Crippen LogP contribution < -0.4 is 10.6 Å². The van der Waals surface area contributed by atoms with Crippen molar-refractivity contribution in [2.24, 2.45) is 23.7 Å². The van der Waals surface area contributed by atoms with Crippen molar-refractivity contribution >= 4 is 34.1 Å². The van der Waals surface area contributed by atoms with Gasteiger partial charge in [0.15, 0.2) is 0 Å². The molecule has 6 rings (SSSR count). The maximum absolute atomic E-state index is 13.2. The highest BCUT2D eigenvalue weighted by Gasteiger charge is 2.48. The Labute approximate surface area is 167 Å². The minimum Gasteiger partial charge on any atom is -0.481 e. The third-order valence-corrected chi connectivity index (χ3v) is 7.84. The number of anilines is 1. The van der Waals surface area contributed by atoms with Crippen LogP contribution in [-0.2, 0) is 22.4 Å². The molecule has 1 aromatic heterocycles. The number of thiophene rings is 1. The van der Waals surface area contributed by atoms with E-state index in [1.807, 2.05) is 12.2 Å². The number of carbonyl (C=O) groups excluding carboxylic acids is 2. The molecule has 6 nitrogen and oxygen atoms in total. The van der Waals surface area contributed by atoms with Gasteiger partial charge in [-0.05, 0) is 62.3 Å². The van der Waals surface area contributed by atoms with Gasteiger partial charge >= 0.3 is 5.97 Å². The quantitative estimate of drug-likeness (QED) is 0.662. The second-order valence-corrected chi connectivity index (χ2v) is 9.58. The van der Waals surface area contributed by atoms with Gasteiger partial charge in [0.05, 0.1) is 17.4 Å². The number of rotatable bonds is 5. The Morgan fingerprint density at radius 1 is 1.00 bits per heavy atom. The molecule has 2 amide bonds. The number of allylic oxidation sites excluding steroid dienone is 2. The molecule has 5 aliphatic carbocycles. The van der Waals surface area contributed by atoms with Crippen molar-refractivity contribution in [2.75, 3.05) is 5.32 Å². The molecule has 5 aliphatic rings. The topological polar surface area (TPSA) is 95.5 Å². The van der Waals surface area contributed by atoms with Gasteiger partial charge in [-0.3, -0.25) is 14.4 Å². The lowest BCUT2D eigenvalue weighted by Gasteiger charge is -2.41. The molecule has 2 bridgehead atoms. The molecule has 2 saturated carbocycles. The smallest absolute Gasteiger partial charge is 0.307 e. The SMILES string of the molecule is O=C(NC1CC1)c1c(NC(=O)C2C3C=CC(CC3)C2C(=O)O)sc2c1CCC2. The number of fused-ring (bicyclic) bond motifs is 3. The standard InChI is InChI=1S/C21H24N2O4S/c24-18(15-10-4-6-11(7-5-10)16(15)21(26)27)23-20-17(19(25)22-12-8-9-12)13-2-1-3-14(13)28-20/h4,6,10-12,15-16H,1-3,5,7-9H2,(H,22,25)(H,23,24)(H,26,27). The second kappa shape index (κ2) is 6.72. The van der Waals surface area contributed by atoms with E-state index in [0.29, 0.717) is 10.6 Å². The minimum absolute atomic E-state index is 0.0401. The van der Waals surface area contributed by atoms with E-state index in [1.54, 1.807) is 0 Å². The van der Waals surface area contributed by atoms with Gasteiger partial charge in [-0.25, -0.2) is 0 Å². The number of hydrogen-bond acceptors (Lipinski definition) is 4. The normalized spacial score (nSPS) is 30.1. The van der Waals surface area contributed by atoms with Gasteiger partial charge in [-0.15, -0.1) is 11.3 Å². The molecular weight excluding hydrogens is 376 g/mol. The molecule has 3 N–H and O–H groups in total. The van der Waals surface area contributed by atoms with E-state index in [1.165, 1.54) is 16.2 Å². The Bertz CT molecular complexity index is 885. The molecule has 0 radical (unpaired) electrons. The Hall–Kier alpha value is -2.15. The largest absolute Gasteiger partial charge is 0.481 e. The number of hydrogen-bond donors (Lipinski definition) is 3. The first kappa shape index (κ1) is 17.9. The van der Waals surface area contributed by atoms with Gasteiger partial charge in [0.2, 0.25) is 5.91 Å². The number of carboxylic acids is 1. The van der Waals surface area contributed by atoms with Crippen molar-refractivity contribution in [1.82, 2.24) is 5.32 Å². The fraction of sp³-hybridized carbons (Fsp3) is 0.571. The molecule has 1 heterocycles. The lowest BCUT2D eigenvalue weighted by molar-refractivity contribution is -0.151. The summed E-state index contributed by atoms with van der Waals surface area (Å²) in [5, 5.41) is 16.3. The number of aryl methyl sites for hydroxylation is 1. The highest BCUT2D eigenvalue weighted by molar-refractivity contribution is 7.17. The van der Waals surface area contributed by atoms with Crippen molar-refractivity contribution in [3.63, 3.8) is 0 Å². The van der Waals surface area contributed by atoms with Gasteiger partial charge in [-0.2, -0.15) is 0 Å². The van der Waals surface area contributed by atoms with Crippen molar-refractivity contribution in [2.45, 2.75) is 51.0 Å². The zero-order valence-corrected chi connectivity index (χ0v) is 16.4. The molecular formula is C21H24N2O4S. The van der Waals surface area contributed by atoms with Crippen LogP contribution in [0.25, 0.3) is 0 Å². The monoisotopic (exact) mass is 400 g/mol.